The molecule has 2 nitrogen and oxygen atoms in total. The van der Waals surface area contributed by atoms with Crippen LogP contribution in [0.3, 0.4) is 0 Å². The summed E-state index contributed by atoms with van der Waals surface area (Å²) >= 11 is 7.39. The minimum atomic E-state index is 0.0240. The molecule has 0 atom stereocenters. The normalized spacial score (nSPS) is 15.1. The second-order valence-electron chi connectivity index (χ2n) is 6.73. The van der Waals surface area contributed by atoms with Crippen LogP contribution in [0.1, 0.15) is 78.1 Å². The van der Waals surface area contributed by atoms with Crippen LogP contribution in [-0.4, -0.2) is 5.66 Å². The summed E-state index contributed by atoms with van der Waals surface area (Å²) in [5, 5.41) is 7.65. The number of rotatable bonds is 10. The van der Waals surface area contributed by atoms with E-state index in [4.69, 9.17) is 0 Å². The van der Waals surface area contributed by atoms with E-state index >= 15 is 0 Å². The van der Waals surface area contributed by atoms with Gasteiger partial charge in [-0.2, -0.15) is 0 Å². The SMILES string of the molecule is CCCCCCC1(CCCCCC)Nc2c(Br)ccc(Br)c2N1. The Balaban J connectivity index is 2.06. The lowest BCUT2D eigenvalue weighted by molar-refractivity contribution is 0.415. The Morgan fingerprint density at radius 3 is 1.57 bits per heavy atom. The van der Waals surface area contributed by atoms with Gasteiger partial charge in [-0.15, -0.1) is 0 Å². The smallest absolute Gasteiger partial charge is 0.108 e. The monoisotopic (exact) mass is 444 g/mol. The highest BCUT2D eigenvalue weighted by molar-refractivity contribution is 9.11. The number of hydrogen-bond donors (Lipinski definition) is 2. The van der Waals surface area contributed by atoms with E-state index in [-0.39, 0.29) is 5.66 Å². The van der Waals surface area contributed by atoms with E-state index in [1.165, 1.54) is 75.6 Å². The summed E-state index contributed by atoms with van der Waals surface area (Å²) < 4.78 is 2.29. The summed E-state index contributed by atoms with van der Waals surface area (Å²) in [6.45, 7) is 4.55. The van der Waals surface area contributed by atoms with Gasteiger partial charge in [-0.3, -0.25) is 0 Å². The molecule has 4 heteroatoms. The van der Waals surface area contributed by atoms with E-state index < -0.39 is 0 Å². The van der Waals surface area contributed by atoms with Crippen molar-refractivity contribution >= 4 is 43.2 Å². The molecule has 2 rings (SSSR count). The molecular formula is C19H30Br2N2. The maximum Gasteiger partial charge on any atom is 0.108 e. The average molecular weight is 446 g/mol. The molecule has 0 aromatic heterocycles. The molecule has 1 aromatic carbocycles. The molecule has 0 saturated carbocycles. The van der Waals surface area contributed by atoms with Crippen LogP contribution in [0.2, 0.25) is 0 Å². The summed E-state index contributed by atoms with van der Waals surface area (Å²) in [7, 11) is 0. The van der Waals surface area contributed by atoms with Crippen molar-refractivity contribution in [2.45, 2.75) is 83.7 Å². The van der Waals surface area contributed by atoms with Crippen LogP contribution in [-0.2, 0) is 0 Å². The van der Waals surface area contributed by atoms with Crippen molar-refractivity contribution in [2.75, 3.05) is 10.6 Å². The summed E-state index contributed by atoms with van der Waals surface area (Å²) in [6.07, 6.45) is 12.9. The molecule has 130 valence electrons. The minimum Gasteiger partial charge on any atom is -0.360 e. The molecule has 1 aliphatic rings. The van der Waals surface area contributed by atoms with Crippen LogP contribution in [0, 0.1) is 0 Å². The Morgan fingerprint density at radius 1 is 0.739 bits per heavy atom. The highest BCUT2D eigenvalue weighted by Gasteiger charge is 2.37. The number of nitrogens with one attached hydrogen (secondary N) is 2. The van der Waals surface area contributed by atoms with E-state index in [1.54, 1.807) is 0 Å². The fraction of sp³-hybridized carbons (Fsp3) is 0.684. The quantitative estimate of drug-likeness (QED) is 0.360. The van der Waals surface area contributed by atoms with Gasteiger partial charge in [-0.1, -0.05) is 52.4 Å². The standard InChI is InChI=1S/C19H30Br2N2/c1-3-5-7-9-13-19(14-10-8-6-4-2)22-17-15(20)11-12-16(21)18(17)23-19/h11-12,22-23H,3-10,13-14H2,1-2H3. The second-order valence-corrected chi connectivity index (χ2v) is 8.44. The van der Waals surface area contributed by atoms with Gasteiger partial charge in [-0.25, -0.2) is 0 Å². The molecule has 0 aliphatic carbocycles. The van der Waals surface area contributed by atoms with Crippen molar-refractivity contribution in [3.05, 3.63) is 21.1 Å². The largest absolute Gasteiger partial charge is 0.360 e. The van der Waals surface area contributed by atoms with Gasteiger partial charge in [0.05, 0.1) is 11.4 Å². The molecular weight excluding hydrogens is 416 g/mol. The fourth-order valence-corrected chi connectivity index (χ4v) is 4.25. The van der Waals surface area contributed by atoms with Crippen LogP contribution < -0.4 is 10.6 Å². The van der Waals surface area contributed by atoms with Crippen molar-refractivity contribution in [3.63, 3.8) is 0 Å². The maximum atomic E-state index is 3.82. The van der Waals surface area contributed by atoms with Gasteiger partial charge < -0.3 is 10.6 Å². The lowest BCUT2D eigenvalue weighted by atomic mass is 9.95. The van der Waals surface area contributed by atoms with Crippen LogP contribution >= 0.6 is 31.9 Å². The fourth-order valence-electron chi connectivity index (χ4n) is 3.39. The van der Waals surface area contributed by atoms with E-state index in [1.807, 2.05) is 0 Å². The van der Waals surface area contributed by atoms with Crippen molar-refractivity contribution in [3.8, 4) is 0 Å². The molecule has 0 saturated heterocycles. The predicted octanol–water partition coefficient (Wildman–Crippen LogP) is 7.69. The number of benzene rings is 1. The minimum absolute atomic E-state index is 0.0240. The Morgan fingerprint density at radius 2 is 1.17 bits per heavy atom. The second kappa shape index (κ2) is 9.31. The molecule has 23 heavy (non-hydrogen) atoms. The first-order chi connectivity index (χ1) is 11.1. The molecule has 0 bridgehead atoms. The van der Waals surface area contributed by atoms with Gasteiger partial charge in [-0.05, 0) is 69.7 Å². The van der Waals surface area contributed by atoms with E-state index in [9.17, 15) is 0 Å². The molecule has 0 amide bonds. The van der Waals surface area contributed by atoms with Gasteiger partial charge in [0.1, 0.15) is 5.66 Å². The van der Waals surface area contributed by atoms with Crippen LogP contribution in [0.25, 0.3) is 0 Å². The number of unbranched alkanes of at least 4 members (excludes halogenated alkanes) is 6. The van der Waals surface area contributed by atoms with Crippen molar-refractivity contribution in [2.24, 2.45) is 0 Å². The summed E-state index contributed by atoms with van der Waals surface area (Å²) in [6, 6.07) is 4.23. The highest BCUT2D eigenvalue weighted by Crippen LogP contribution is 2.46. The van der Waals surface area contributed by atoms with Crippen molar-refractivity contribution in [1.82, 2.24) is 0 Å². The molecule has 1 heterocycles. The summed E-state index contributed by atoms with van der Waals surface area (Å²) in [5.41, 5.74) is 2.45. The number of anilines is 2. The zero-order valence-corrected chi connectivity index (χ0v) is 17.7. The lowest BCUT2D eigenvalue weighted by Gasteiger charge is -2.31. The first kappa shape index (κ1) is 19.1. The van der Waals surface area contributed by atoms with E-state index in [0.29, 0.717) is 0 Å². The Bertz CT molecular complexity index is 457. The van der Waals surface area contributed by atoms with Gasteiger partial charge in [0.25, 0.3) is 0 Å². The van der Waals surface area contributed by atoms with Crippen molar-refractivity contribution < 1.29 is 0 Å². The van der Waals surface area contributed by atoms with Crippen LogP contribution in [0.15, 0.2) is 21.1 Å². The maximum absolute atomic E-state index is 3.82. The number of fused-ring (bicyclic) bond motifs is 1. The van der Waals surface area contributed by atoms with E-state index in [0.717, 1.165) is 8.95 Å². The third-order valence-corrected chi connectivity index (χ3v) is 6.07. The van der Waals surface area contributed by atoms with Gasteiger partial charge in [0.15, 0.2) is 0 Å². The number of hydrogen-bond acceptors (Lipinski definition) is 2. The first-order valence-corrected chi connectivity index (χ1v) is 10.7. The summed E-state index contributed by atoms with van der Waals surface area (Å²) in [5.74, 6) is 0. The molecule has 1 aromatic rings. The number of halogens is 2. The molecule has 0 spiro atoms. The first-order valence-electron chi connectivity index (χ1n) is 9.16. The Kier molecular flexibility index (Phi) is 7.74. The van der Waals surface area contributed by atoms with Gasteiger partial charge >= 0.3 is 0 Å². The zero-order chi connectivity index (χ0) is 16.7. The Labute approximate surface area is 158 Å². The van der Waals surface area contributed by atoms with Crippen LogP contribution in [0.5, 0.6) is 0 Å². The predicted molar refractivity (Wildman–Crippen MR) is 109 cm³/mol. The average Bonchev–Trinajstić information content (AvgIpc) is 2.94. The molecule has 0 radical (unpaired) electrons. The zero-order valence-electron chi connectivity index (χ0n) is 14.5. The van der Waals surface area contributed by atoms with Crippen molar-refractivity contribution in [1.29, 1.82) is 0 Å². The third kappa shape index (κ3) is 5.12. The molecule has 0 fully saturated rings. The lowest BCUT2D eigenvalue weighted by Crippen LogP contribution is -2.41. The Hall–Kier alpha value is -0.220. The molecule has 2 N–H and O–H groups in total. The topological polar surface area (TPSA) is 24.1 Å². The molecule has 1 aliphatic heterocycles. The highest BCUT2D eigenvalue weighted by atomic mass is 79.9. The molecule has 0 unspecified atom stereocenters. The summed E-state index contributed by atoms with van der Waals surface area (Å²) in [4.78, 5) is 0. The van der Waals surface area contributed by atoms with Crippen LogP contribution in [0.4, 0.5) is 11.4 Å². The van der Waals surface area contributed by atoms with Gasteiger partial charge in [0, 0.05) is 8.95 Å². The van der Waals surface area contributed by atoms with Gasteiger partial charge in [0.2, 0.25) is 0 Å². The van der Waals surface area contributed by atoms with E-state index in [2.05, 4.69) is 68.5 Å². The third-order valence-electron chi connectivity index (χ3n) is 4.75.